The maximum absolute atomic E-state index is 12.9. The topological polar surface area (TPSA) is 108 Å². The first kappa shape index (κ1) is 61.7. The second kappa shape index (κ2) is 45.9. The van der Waals surface area contributed by atoms with E-state index in [0.29, 0.717) is 17.4 Å². The Morgan fingerprint density at radius 1 is 0.556 bits per heavy atom. The third-order valence-electron chi connectivity index (χ3n) is 12.1. The van der Waals surface area contributed by atoms with Crippen LogP contribution in [0, 0.1) is 0 Å². The van der Waals surface area contributed by atoms with Crippen LogP contribution < -0.4 is 10.2 Å². The van der Waals surface area contributed by atoms with Gasteiger partial charge in [0.2, 0.25) is 5.91 Å². The van der Waals surface area contributed by atoms with Crippen molar-refractivity contribution in [3.63, 3.8) is 0 Å². The van der Waals surface area contributed by atoms with Crippen LogP contribution in [0.5, 0.6) is 0 Å². The molecule has 0 spiro atoms. The Bertz CT molecular complexity index is 1120. The highest BCUT2D eigenvalue weighted by Gasteiger charge is 2.23. The number of amides is 1. The van der Waals surface area contributed by atoms with Crippen LogP contribution in [0.4, 0.5) is 0 Å². The van der Waals surface area contributed by atoms with Crippen molar-refractivity contribution in [2.45, 2.75) is 264 Å². The van der Waals surface area contributed by atoms with Crippen molar-refractivity contribution < 1.29 is 32.9 Å². The fourth-order valence-electron chi connectivity index (χ4n) is 7.84. The number of phosphoric acid groups is 1. The zero-order chi connectivity index (χ0) is 46.4. The van der Waals surface area contributed by atoms with Gasteiger partial charge >= 0.3 is 0 Å². The molecular weight excluding hydrogens is 804 g/mol. The molecule has 0 saturated heterocycles. The lowest BCUT2D eigenvalue weighted by Gasteiger charge is -2.29. The minimum atomic E-state index is -4.59. The Balaban J connectivity index is 4.15. The van der Waals surface area contributed by atoms with Gasteiger partial charge in [0.05, 0.1) is 39.9 Å². The van der Waals surface area contributed by atoms with Gasteiger partial charge in [0, 0.05) is 6.42 Å². The highest BCUT2D eigenvalue weighted by molar-refractivity contribution is 7.45. The second-order valence-corrected chi connectivity index (χ2v) is 21.0. The molecule has 0 aromatic carbocycles. The molecule has 3 atom stereocenters. The van der Waals surface area contributed by atoms with Gasteiger partial charge in [0.25, 0.3) is 7.82 Å². The number of quaternary nitrogens is 1. The summed E-state index contributed by atoms with van der Waals surface area (Å²) in [5.74, 6) is -0.211. The van der Waals surface area contributed by atoms with E-state index in [1.165, 1.54) is 161 Å². The minimum absolute atomic E-state index is 0.00390. The van der Waals surface area contributed by atoms with E-state index in [-0.39, 0.29) is 19.1 Å². The number of carbonyl (C=O) groups excluding carboxylic acids is 1. The van der Waals surface area contributed by atoms with Crippen LogP contribution in [0.25, 0.3) is 0 Å². The van der Waals surface area contributed by atoms with Crippen LogP contribution in [0.3, 0.4) is 0 Å². The molecule has 0 rings (SSSR count). The number of hydrogen-bond donors (Lipinski definition) is 2. The summed E-state index contributed by atoms with van der Waals surface area (Å²) in [5.41, 5.74) is 0. The van der Waals surface area contributed by atoms with E-state index < -0.39 is 20.0 Å². The number of nitrogens with zero attached hydrogens (tertiary/aromatic N) is 1. The fraction of sp³-hybridized carbons (Fsp3) is 0.870. The summed E-state index contributed by atoms with van der Waals surface area (Å²) in [4.78, 5) is 25.4. The van der Waals surface area contributed by atoms with E-state index >= 15 is 0 Å². The Hall–Kier alpha value is -1.28. The lowest BCUT2D eigenvalue weighted by Crippen LogP contribution is -2.45. The van der Waals surface area contributed by atoms with E-state index in [1.807, 2.05) is 27.2 Å². The number of nitrogens with one attached hydrogen (secondary N) is 1. The number of carbonyl (C=O) groups is 1. The largest absolute Gasteiger partial charge is 0.756 e. The third-order valence-corrected chi connectivity index (χ3v) is 13.0. The molecule has 372 valence electrons. The summed E-state index contributed by atoms with van der Waals surface area (Å²) in [7, 11) is 1.25. The molecule has 8 nitrogen and oxygen atoms in total. The predicted molar refractivity (Wildman–Crippen MR) is 270 cm³/mol. The average molecular weight is 909 g/mol. The summed E-state index contributed by atoms with van der Waals surface area (Å²) < 4.78 is 23.3. The summed E-state index contributed by atoms with van der Waals surface area (Å²) in [6, 6.07) is -0.893. The number of allylic oxidation sites excluding steroid dienone is 5. The lowest BCUT2D eigenvalue weighted by molar-refractivity contribution is -0.870. The molecular formula is C54H105N2O6P. The molecule has 0 heterocycles. The van der Waals surface area contributed by atoms with Gasteiger partial charge in [-0.15, -0.1) is 0 Å². The van der Waals surface area contributed by atoms with Gasteiger partial charge in [0.1, 0.15) is 13.2 Å². The molecule has 3 unspecified atom stereocenters. The van der Waals surface area contributed by atoms with Crippen molar-refractivity contribution in [1.82, 2.24) is 5.32 Å². The molecule has 1 amide bonds. The standard InChI is InChI=1S/C54H105N2O6P/c1-6-8-10-12-14-16-18-20-21-22-23-24-25-26-27-28-29-30-31-32-33-34-36-37-39-41-43-45-47-53(57)52(51-62-63(59,60)61-50-49-56(3,4)5)55-54(58)48-46-44-42-40-38-35-19-17-15-13-11-9-7-2/h11,13,17,19,45,47,52-53,57H,6-10,12,14-16,18,20-44,46,48-51H2,1-5H3,(H-,55,58,59,60)/b13-11-,19-17-,47-45+. The Labute approximate surface area is 391 Å². The number of hydrogen-bond acceptors (Lipinski definition) is 6. The second-order valence-electron chi connectivity index (χ2n) is 19.6. The molecule has 0 radical (unpaired) electrons. The Morgan fingerprint density at radius 3 is 1.38 bits per heavy atom. The number of aliphatic hydroxyl groups excluding tert-OH is 1. The van der Waals surface area contributed by atoms with Gasteiger partial charge < -0.3 is 28.8 Å². The number of phosphoric ester groups is 1. The first-order chi connectivity index (χ1) is 30.5. The van der Waals surface area contributed by atoms with E-state index in [2.05, 4.69) is 43.5 Å². The van der Waals surface area contributed by atoms with E-state index in [1.54, 1.807) is 6.08 Å². The third kappa shape index (κ3) is 48.5. The Kier molecular flexibility index (Phi) is 44.9. The fourth-order valence-corrected chi connectivity index (χ4v) is 8.56. The summed E-state index contributed by atoms with van der Waals surface area (Å²) in [6.45, 7) is 4.59. The van der Waals surface area contributed by atoms with Crippen molar-refractivity contribution >= 4 is 13.7 Å². The van der Waals surface area contributed by atoms with Crippen LogP contribution >= 0.6 is 7.82 Å². The van der Waals surface area contributed by atoms with Gasteiger partial charge in [-0.25, -0.2) is 0 Å². The molecule has 0 aliphatic rings. The number of aliphatic hydroxyl groups is 1. The van der Waals surface area contributed by atoms with Crippen molar-refractivity contribution in [3.05, 3.63) is 36.5 Å². The Morgan fingerprint density at radius 2 is 0.952 bits per heavy atom. The van der Waals surface area contributed by atoms with Crippen molar-refractivity contribution in [2.24, 2.45) is 0 Å². The van der Waals surface area contributed by atoms with Crippen molar-refractivity contribution in [3.8, 4) is 0 Å². The van der Waals surface area contributed by atoms with Crippen molar-refractivity contribution in [2.75, 3.05) is 40.9 Å². The van der Waals surface area contributed by atoms with E-state index in [4.69, 9.17) is 9.05 Å². The van der Waals surface area contributed by atoms with Crippen LogP contribution in [0.1, 0.15) is 251 Å². The SMILES string of the molecule is CCC/C=C\C/C=C\CCCCCCCC(=O)NC(COP(=O)([O-])OCC[N+](C)(C)C)C(O)/C=C/CCCCCCCCCCCCCCCCCCCCCCCCCCCC. The minimum Gasteiger partial charge on any atom is -0.756 e. The van der Waals surface area contributed by atoms with Crippen molar-refractivity contribution in [1.29, 1.82) is 0 Å². The van der Waals surface area contributed by atoms with Crippen LogP contribution in [-0.4, -0.2) is 68.5 Å². The molecule has 0 aromatic heterocycles. The molecule has 9 heteroatoms. The molecule has 2 N–H and O–H groups in total. The van der Waals surface area contributed by atoms with Gasteiger partial charge in [-0.2, -0.15) is 0 Å². The summed E-state index contributed by atoms with van der Waals surface area (Å²) in [6.07, 6.45) is 57.9. The maximum atomic E-state index is 12.9. The normalized spacial score (nSPS) is 14.3. The number of unbranched alkanes of at least 4 members (excludes halogenated alkanes) is 32. The molecule has 0 bridgehead atoms. The lowest BCUT2D eigenvalue weighted by atomic mass is 10.0. The highest BCUT2D eigenvalue weighted by atomic mass is 31.2. The summed E-state index contributed by atoms with van der Waals surface area (Å²) in [5, 5.41) is 13.8. The molecule has 0 saturated carbocycles. The molecule has 0 aromatic rings. The highest BCUT2D eigenvalue weighted by Crippen LogP contribution is 2.38. The summed E-state index contributed by atoms with van der Waals surface area (Å²) >= 11 is 0. The maximum Gasteiger partial charge on any atom is 0.268 e. The first-order valence-corrected chi connectivity index (χ1v) is 28.3. The van der Waals surface area contributed by atoms with Crippen LogP contribution in [0.2, 0.25) is 0 Å². The molecule has 0 aliphatic carbocycles. The molecule has 63 heavy (non-hydrogen) atoms. The smallest absolute Gasteiger partial charge is 0.268 e. The first-order valence-electron chi connectivity index (χ1n) is 26.9. The average Bonchev–Trinajstić information content (AvgIpc) is 3.24. The number of likely N-dealkylation sites (N-methyl/N-ethyl adjacent to an activating group) is 1. The quantitative estimate of drug-likeness (QED) is 0.0272. The van der Waals surface area contributed by atoms with Gasteiger partial charge in [0.15, 0.2) is 0 Å². The van der Waals surface area contributed by atoms with Gasteiger partial charge in [-0.3, -0.25) is 9.36 Å². The van der Waals surface area contributed by atoms with Crippen LogP contribution in [0.15, 0.2) is 36.5 Å². The van der Waals surface area contributed by atoms with E-state index in [9.17, 15) is 19.4 Å². The zero-order valence-electron chi connectivity index (χ0n) is 42.3. The van der Waals surface area contributed by atoms with E-state index in [0.717, 1.165) is 70.6 Å². The number of rotatable bonds is 49. The zero-order valence-corrected chi connectivity index (χ0v) is 43.2. The van der Waals surface area contributed by atoms with Crippen LogP contribution in [-0.2, 0) is 18.4 Å². The molecule has 0 fully saturated rings. The molecule has 0 aliphatic heterocycles. The monoisotopic (exact) mass is 909 g/mol. The van der Waals surface area contributed by atoms with Gasteiger partial charge in [-0.1, -0.05) is 237 Å². The predicted octanol–water partition coefficient (Wildman–Crippen LogP) is 15.2. The van der Waals surface area contributed by atoms with Gasteiger partial charge in [-0.05, 0) is 44.9 Å².